The number of nitrogens with one attached hydrogen (secondary N) is 2. The van der Waals surface area contributed by atoms with Crippen molar-refractivity contribution < 1.29 is 13.2 Å². The third kappa shape index (κ3) is 5.51. The lowest BCUT2D eigenvalue weighted by Gasteiger charge is -2.35. The highest BCUT2D eigenvalue weighted by Crippen LogP contribution is 2.29. The third-order valence-corrected chi connectivity index (χ3v) is 6.49. The molecule has 0 atom stereocenters. The number of pyridine rings is 1. The molecule has 3 aromatic heterocycles. The molecule has 1 aliphatic heterocycles. The van der Waals surface area contributed by atoms with E-state index in [0.29, 0.717) is 18.9 Å². The highest BCUT2D eigenvalue weighted by molar-refractivity contribution is 5.66. The molecular formula is C26H31F3N6. The standard InChI is InChI=1S/C26H31F3N6/c1-4-6-7-21-22(16-31-24(21)18(3)5-2)25-19(14-32-33-25)17-34-10-12-35(13-11-34)23-9-8-20(15-30-23)26(27,28)29/h4,6-9,14-16,31H,5,10-13,17H2,1-3H3,(H,32,33)/b6-4-,21-7-,24-18-. The third-order valence-electron chi connectivity index (χ3n) is 6.49. The Balaban J connectivity index is 1.49. The summed E-state index contributed by atoms with van der Waals surface area (Å²) in [4.78, 5) is 11.8. The van der Waals surface area contributed by atoms with Gasteiger partial charge in [0.15, 0.2) is 0 Å². The number of rotatable bonds is 6. The van der Waals surface area contributed by atoms with E-state index in [4.69, 9.17) is 0 Å². The van der Waals surface area contributed by atoms with Gasteiger partial charge in [-0.15, -0.1) is 0 Å². The molecule has 1 aliphatic rings. The molecule has 0 aliphatic carbocycles. The number of alkyl halides is 3. The molecule has 9 heteroatoms. The van der Waals surface area contributed by atoms with Crippen LogP contribution in [0.25, 0.3) is 22.9 Å². The van der Waals surface area contributed by atoms with Crippen LogP contribution in [0.1, 0.15) is 38.3 Å². The van der Waals surface area contributed by atoms with Crippen LogP contribution in [0.4, 0.5) is 19.0 Å². The lowest BCUT2D eigenvalue weighted by Crippen LogP contribution is -2.46. The quantitative estimate of drug-likeness (QED) is 0.554. The number of hydrogen-bond acceptors (Lipinski definition) is 4. The molecule has 6 nitrogen and oxygen atoms in total. The molecule has 0 unspecified atom stereocenters. The van der Waals surface area contributed by atoms with Crippen LogP contribution < -0.4 is 15.5 Å². The molecule has 0 radical (unpaired) electrons. The molecule has 186 valence electrons. The molecule has 0 saturated carbocycles. The van der Waals surface area contributed by atoms with Crippen molar-refractivity contribution in [3.8, 4) is 11.3 Å². The lowest BCUT2D eigenvalue weighted by atomic mass is 10.1. The zero-order valence-electron chi connectivity index (χ0n) is 20.3. The number of aromatic nitrogens is 4. The van der Waals surface area contributed by atoms with E-state index in [1.165, 1.54) is 11.6 Å². The Bertz CT molecular complexity index is 1280. The second kappa shape index (κ2) is 10.5. The minimum absolute atomic E-state index is 0.577. The fourth-order valence-electron chi connectivity index (χ4n) is 4.32. The van der Waals surface area contributed by atoms with Crippen LogP contribution in [-0.2, 0) is 12.7 Å². The maximum absolute atomic E-state index is 12.8. The number of aromatic amines is 2. The van der Waals surface area contributed by atoms with E-state index in [-0.39, 0.29) is 0 Å². The summed E-state index contributed by atoms with van der Waals surface area (Å²) in [6.45, 7) is 9.99. The molecule has 0 aromatic carbocycles. The number of H-pyrrole nitrogens is 2. The molecule has 3 aromatic rings. The van der Waals surface area contributed by atoms with Crippen molar-refractivity contribution in [3.05, 3.63) is 64.6 Å². The first kappa shape index (κ1) is 24.8. The Morgan fingerprint density at radius 3 is 2.54 bits per heavy atom. The number of anilines is 1. The van der Waals surface area contributed by atoms with Gasteiger partial charge < -0.3 is 9.88 Å². The van der Waals surface area contributed by atoms with Gasteiger partial charge in [0.2, 0.25) is 0 Å². The molecule has 4 heterocycles. The molecule has 2 N–H and O–H groups in total. The predicted octanol–water partition coefficient (Wildman–Crippen LogP) is 4.08. The second-order valence-corrected chi connectivity index (χ2v) is 8.75. The molecule has 0 bridgehead atoms. The SMILES string of the molecule is C\C=C/C=c1/c(-c2[nH]ncc2CN2CCN(c3ccc(C(F)(F)F)cn3)CC2)c[nH]/c1=C(/C)CC. The minimum Gasteiger partial charge on any atom is -0.361 e. The summed E-state index contributed by atoms with van der Waals surface area (Å²) in [5.74, 6) is 0.577. The summed E-state index contributed by atoms with van der Waals surface area (Å²) < 4.78 is 38.5. The van der Waals surface area contributed by atoms with Gasteiger partial charge in [-0.2, -0.15) is 18.3 Å². The molecule has 1 saturated heterocycles. The first-order valence-corrected chi connectivity index (χ1v) is 11.8. The van der Waals surface area contributed by atoms with Crippen molar-refractivity contribution in [1.29, 1.82) is 0 Å². The van der Waals surface area contributed by atoms with E-state index in [1.807, 2.05) is 36.4 Å². The Kier molecular flexibility index (Phi) is 7.45. The van der Waals surface area contributed by atoms with Gasteiger partial charge in [-0.3, -0.25) is 10.00 Å². The van der Waals surface area contributed by atoms with Crippen LogP contribution in [0, 0.1) is 0 Å². The van der Waals surface area contributed by atoms with E-state index in [2.05, 4.69) is 45.0 Å². The van der Waals surface area contributed by atoms with Gasteiger partial charge in [-0.05, 0) is 38.0 Å². The summed E-state index contributed by atoms with van der Waals surface area (Å²) in [6.07, 6.45) is 7.60. The molecule has 0 spiro atoms. The van der Waals surface area contributed by atoms with Crippen molar-refractivity contribution in [1.82, 2.24) is 25.1 Å². The Morgan fingerprint density at radius 2 is 1.91 bits per heavy atom. The number of allylic oxidation sites excluding steroid dienone is 2. The smallest absolute Gasteiger partial charge is 0.361 e. The fraction of sp³-hybridized carbons (Fsp3) is 0.385. The van der Waals surface area contributed by atoms with Crippen LogP contribution in [-0.4, -0.2) is 51.2 Å². The van der Waals surface area contributed by atoms with Gasteiger partial charge in [-0.1, -0.05) is 25.2 Å². The maximum atomic E-state index is 12.8. The zero-order valence-corrected chi connectivity index (χ0v) is 20.3. The summed E-state index contributed by atoms with van der Waals surface area (Å²) in [5, 5.41) is 9.80. The zero-order chi connectivity index (χ0) is 25.0. The van der Waals surface area contributed by atoms with Gasteiger partial charge in [0.05, 0.1) is 17.5 Å². The van der Waals surface area contributed by atoms with Crippen LogP contribution in [0.5, 0.6) is 0 Å². The van der Waals surface area contributed by atoms with Crippen molar-refractivity contribution in [2.24, 2.45) is 0 Å². The van der Waals surface area contributed by atoms with Crippen LogP contribution in [0.2, 0.25) is 0 Å². The van der Waals surface area contributed by atoms with E-state index in [0.717, 1.165) is 65.7 Å². The highest BCUT2D eigenvalue weighted by atomic mass is 19.4. The largest absolute Gasteiger partial charge is 0.417 e. The van der Waals surface area contributed by atoms with Gasteiger partial charge in [0, 0.05) is 66.8 Å². The first-order valence-electron chi connectivity index (χ1n) is 11.8. The molecule has 4 rings (SSSR count). The first-order chi connectivity index (χ1) is 16.8. The van der Waals surface area contributed by atoms with E-state index in [9.17, 15) is 13.2 Å². The minimum atomic E-state index is -4.37. The Morgan fingerprint density at radius 1 is 1.14 bits per heavy atom. The van der Waals surface area contributed by atoms with E-state index >= 15 is 0 Å². The fourth-order valence-corrected chi connectivity index (χ4v) is 4.32. The Labute approximate surface area is 202 Å². The van der Waals surface area contributed by atoms with Crippen LogP contribution in [0.3, 0.4) is 0 Å². The normalized spacial score (nSPS) is 17.0. The van der Waals surface area contributed by atoms with Crippen LogP contribution >= 0.6 is 0 Å². The second-order valence-electron chi connectivity index (χ2n) is 8.75. The van der Waals surface area contributed by atoms with Gasteiger partial charge in [0.1, 0.15) is 5.82 Å². The topological polar surface area (TPSA) is 63.8 Å². The van der Waals surface area contributed by atoms with Gasteiger partial charge in [-0.25, -0.2) is 4.98 Å². The number of hydrogen-bond donors (Lipinski definition) is 2. The summed E-state index contributed by atoms with van der Waals surface area (Å²) in [6, 6.07) is 2.55. The van der Waals surface area contributed by atoms with Gasteiger partial charge >= 0.3 is 6.18 Å². The molecule has 0 amide bonds. The van der Waals surface area contributed by atoms with E-state index < -0.39 is 11.7 Å². The lowest BCUT2D eigenvalue weighted by molar-refractivity contribution is -0.137. The van der Waals surface area contributed by atoms with Gasteiger partial charge in [0.25, 0.3) is 0 Å². The molecule has 35 heavy (non-hydrogen) atoms. The summed E-state index contributed by atoms with van der Waals surface area (Å²) in [5.41, 5.74) is 3.77. The van der Waals surface area contributed by atoms with Crippen molar-refractivity contribution in [2.75, 3.05) is 31.1 Å². The number of nitrogens with zero attached hydrogens (tertiary/aromatic N) is 4. The summed E-state index contributed by atoms with van der Waals surface area (Å²) in [7, 11) is 0. The van der Waals surface area contributed by atoms with E-state index in [1.54, 1.807) is 0 Å². The highest BCUT2D eigenvalue weighted by Gasteiger charge is 2.31. The van der Waals surface area contributed by atoms with Crippen molar-refractivity contribution in [2.45, 2.75) is 39.9 Å². The molecule has 1 fully saturated rings. The number of halogens is 3. The Hall–Kier alpha value is -3.33. The summed E-state index contributed by atoms with van der Waals surface area (Å²) >= 11 is 0. The van der Waals surface area contributed by atoms with Crippen LogP contribution in [0.15, 0.2) is 42.9 Å². The number of piperazine rings is 1. The average Bonchev–Trinajstić information content (AvgIpc) is 3.48. The van der Waals surface area contributed by atoms with Crippen molar-refractivity contribution in [3.63, 3.8) is 0 Å². The monoisotopic (exact) mass is 484 g/mol. The average molecular weight is 485 g/mol. The predicted molar refractivity (Wildman–Crippen MR) is 133 cm³/mol. The molecular weight excluding hydrogens is 453 g/mol. The maximum Gasteiger partial charge on any atom is 0.417 e. The van der Waals surface area contributed by atoms with Crippen molar-refractivity contribution >= 4 is 17.5 Å².